The topological polar surface area (TPSA) is 63.1 Å². The molecular formula is C7H10N2O2. The highest BCUT2D eigenvalue weighted by Gasteiger charge is 1.80. The van der Waals surface area contributed by atoms with Gasteiger partial charge >= 0.3 is 5.97 Å². The highest BCUT2D eigenvalue weighted by atomic mass is 16.4. The maximum atomic E-state index is 9.37. The Morgan fingerprint density at radius 3 is 1.64 bits per heavy atom. The average Bonchev–Trinajstić information content (AvgIpc) is 2.09. The summed E-state index contributed by atoms with van der Waals surface area (Å²) in [6.45, 7) is 1.60. The Hall–Kier alpha value is -1.45. The zero-order chi connectivity index (χ0) is 8.53. The number of rotatable bonds is 1. The molecule has 0 aliphatic heterocycles. The molecule has 0 fully saturated rings. The molecule has 0 spiro atoms. The molecule has 1 heterocycles. The summed E-state index contributed by atoms with van der Waals surface area (Å²) in [6.07, 6.45) is 6.78. The van der Waals surface area contributed by atoms with E-state index >= 15 is 0 Å². The maximum absolute atomic E-state index is 9.37. The van der Waals surface area contributed by atoms with E-state index < -0.39 is 5.97 Å². The van der Waals surface area contributed by atoms with Crippen LogP contribution in [0.2, 0.25) is 0 Å². The molecule has 0 atom stereocenters. The van der Waals surface area contributed by atoms with Gasteiger partial charge in [-0.3, -0.25) is 14.8 Å². The number of hydrogen-bond acceptors (Lipinski definition) is 3. The van der Waals surface area contributed by atoms with Crippen LogP contribution >= 0.6 is 0 Å². The van der Waals surface area contributed by atoms with Gasteiger partial charge in [-0.2, -0.15) is 0 Å². The summed E-state index contributed by atoms with van der Waals surface area (Å²) in [5.74, 6) is -0.745. The highest BCUT2D eigenvalue weighted by molar-refractivity contribution is 5.66. The fourth-order valence-electron chi connectivity index (χ4n) is 0.253. The first-order valence-electron chi connectivity index (χ1n) is 3.19. The van der Waals surface area contributed by atoms with E-state index in [4.69, 9.17) is 5.11 Å². The lowest BCUT2D eigenvalue weighted by molar-refractivity contribution is -0.136. The number of aromatic nitrogens is 2. The molecule has 0 aliphatic carbocycles. The van der Waals surface area contributed by atoms with Crippen molar-refractivity contribution < 1.29 is 9.90 Å². The van der Waals surface area contributed by atoms with Gasteiger partial charge in [0, 0.05) is 31.2 Å². The van der Waals surface area contributed by atoms with Crippen LogP contribution in [0.5, 0.6) is 0 Å². The van der Waals surface area contributed by atoms with Crippen LogP contribution in [-0.4, -0.2) is 21.0 Å². The van der Waals surface area contributed by atoms with Gasteiger partial charge in [-0.15, -0.1) is 0 Å². The summed E-state index contributed by atoms with van der Waals surface area (Å²) in [4.78, 5) is 16.8. The predicted molar refractivity (Wildman–Crippen MR) is 40.0 cm³/mol. The van der Waals surface area contributed by atoms with Crippen molar-refractivity contribution in [3.63, 3.8) is 0 Å². The minimum absolute atomic E-state index is 0.222. The second-order valence-electron chi connectivity index (χ2n) is 1.64. The zero-order valence-corrected chi connectivity index (χ0v) is 6.27. The Bertz CT molecular complexity index is 162. The van der Waals surface area contributed by atoms with Crippen molar-refractivity contribution in [2.24, 2.45) is 0 Å². The highest BCUT2D eigenvalue weighted by Crippen LogP contribution is 1.67. The van der Waals surface area contributed by atoms with Gasteiger partial charge in [-0.1, -0.05) is 6.92 Å². The molecule has 60 valence electrons. The third kappa shape index (κ3) is 8.55. The minimum atomic E-state index is -0.745. The van der Waals surface area contributed by atoms with E-state index in [9.17, 15) is 4.79 Å². The monoisotopic (exact) mass is 154 g/mol. The van der Waals surface area contributed by atoms with Gasteiger partial charge in [-0.25, -0.2) is 0 Å². The number of carboxylic acid groups (broad SMARTS) is 1. The van der Waals surface area contributed by atoms with Gasteiger partial charge in [0.25, 0.3) is 0 Å². The average molecular weight is 154 g/mol. The Morgan fingerprint density at radius 2 is 1.55 bits per heavy atom. The van der Waals surface area contributed by atoms with Gasteiger partial charge in [0.2, 0.25) is 0 Å². The van der Waals surface area contributed by atoms with E-state index in [2.05, 4.69) is 9.97 Å². The van der Waals surface area contributed by atoms with Crippen molar-refractivity contribution in [3.8, 4) is 0 Å². The van der Waals surface area contributed by atoms with Crippen LogP contribution in [-0.2, 0) is 4.79 Å². The molecule has 0 amide bonds. The summed E-state index contributed by atoms with van der Waals surface area (Å²) in [5, 5.41) is 7.72. The lowest BCUT2D eigenvalue weighted by Crippen LogP contribution is -1.86. The van der Waals surface area contributed by atoms with E-state index in [1.807, 2.05) is 0 Å². The Labute approximate surface area is 64.9 Å². The third-order valence-electron chi connectivity index (χ3n) is 0.780. The standard InChI is InChI=1S/C4H4N2.C3H6O2/c1-2-6-4-3-5-1;1-2-3(4)5/h1-4H;2H2,1H3,(H,4,5). The second-order valence-corrected chi connectivity index (χ2v) is 1.64. The molecule has 1 aromatic heterocycles. The summed E-state index contributed by atoms with van der Waals surface area (Å²) < 4.78 is 0. The number of nitrogens with zero attached hydrogens (tertiary/aromatic N) is 2. The van der Waals surface area contributed by atoms with Crippen molar-refractivity contribution in [1.29, 1.82) is 0 Å². The molecule has 1 rings (SSSR count). The molecule has 0 saturated heterocycles. The fourth-order valence-corrected chi connectivity index (χ4v) is 0.253. The maximum Gasteiger partial charge on any atom is 0.303 e. The lowest BCUT2D eigenvalue weighted by Gasteiger charge is -1.71. The number of carboxylic acids is 1. The molecule has 1 N–H and O–H groups in total. The molecule has 0 unspecified atom stereocenters. The van der Waals surface area contributed by atoms with Crippen molar-refractivity contribution >= 4 is 5.97 Å². The Balaban J connectivity index is 0.000000187. The van der Waals surface area contributed by atoms with Crippen LogP contribution < -0.4 is 0 Å². The molecule has 0 bridgehead atoms. The quantitative estimate of drug-likeness (QED) is 0.654. The van der Waals surface area contributed by atoms with E-state index in [-0.39, 0.29) is 6.42 Å². The SMILES string of the molecule is CCC(=O)O.c1cnccn1. The van der Waals surface area contributed by atoms with Gasteiger partial charge in [0.05, 0.1) is 0 Å². The third-order valence-corrected chi connectivity index (χ3v) is 0.780. The first-order valence-corrected chi connectivity index (χ1v) is 3.19. The first kappa shape index (κ1) is 9.55. The molecule has 1 aromatic rings. The van der Waals surface area contributed by atoms with Crippen LogP contribution in [0.1, 0.15) is 13.3 Å². The van der Waals surface area contributed by atoms with Crippen LogP contribution in [0.4, 0.5) is 0 Å². The summed E-state index contributed by atoms with van der Waals surface area (Å²) >= 11 is 0. The molecule has 11 heavy (non-hydrogen) atoms. The molecule has 0 radical (unpaired) electrons. The fraction of sp³-hybridized carbons (Fsp3) is 0.286. The van der Waals surface area contributed by atoms with Crippen molar-refractivity contribution in [2.45, 2.75) is 13.3 Å². The van der Waals surface area contributed by atoms with E-state index in [0.29, 0.717) is 0 Å². The van der Waals surface area contributed by atoms with Crippen LogP contribution in [0.3, 0.4) is 0 Å². The molecule has 0 aliphatic rings. The van der Waals surface area contributed by atoms with E-state index in [1.54, 1.807) is 31.7 Å². The zero-order valence-electron chi connectivity index (χ0n) is 6.27. The van der Waals surface area contributed by atoms with Gasteiger partial charge in [0.1, 0.15) is 0 Å². The van der Waals surface area contributed by atoms with Crippen LogP contribution in [0.15, 0.2) is 24.8 Å². The lowest BCUT2D eigenvalue weighted by atomic mass is 10.5. The largest absolute Gasteiger partial charge is 0.481 e. The summed E-state index contributed by atoms with van der Waals surface area (Å²) in [5.41, 5.74) is 0. The Morgan fingerprint density at radius 1 is 1.27 bits per heavy atom. The van der Waals surface area contributed by atoms with Gasteiger partial charge in [-0.05, 0) is 0 Å². The summed E-state index contributed by atoms with van der Waals surface area (Å²) in [7, 11) is 0. The molecule has 4 nitrogen and oxygen atoms in total. The minimum Gasteiger partial charge on any atom is -0.481 e. The van der Waals surface area contributed by atoms with Crippen molar-refractivity contribution in [1.82, 2.24) is 9.97 Å². The molecule has 0 aromatic carbocycles. The number of aliphatic carboxylic acids is 1. The summed E-state index contributed by atoms with van der Waals surface area (Å²) in [6, 6.07) is 0. The first-order chi connectivity index (χ1) is 5.27. The van der Waals surface area contributed by atoms with Crippen LogP contribution in [0.25, 0.3) is 0 Å². The van der Waals surface area contributed by atoms with E-state index in [1.165, 1.54) is 0 Å². The van der Waals surface area contributed by atoms with Crippen molar-refractivity contribution in [3.05, 3.63) is 24.8 Å². The van der Waals surface area contributed by atoms with Crippen molar-refractivity contribution in [2.75, 3.05) is 0 Å². The predicted octanol–water partition coefficient (Wildman–Crippen LogP) is 0.958. The molecular weight excluding hydrogens is 144 g/mol. The van der Waals surface area contributed by atoms with Gasteiger partial charge < -0.3 is 5.11 Å². The second kappa shape index (κ2) is 6.67. The van der Waals surface area contributed by atoms with Crippen LogP contribution in [0, 0.1) is 0 Å². The van der Waals surface area contributed by atoms with Gasteiger partial charge in [0.15, 0.2) is 0 Å². The normalized spacial score (nSPS) is 7.73. The Kier molecular flexibility index (Phi) is 5.79. The molecule has 4 heteroatoms. The number of carbonyl (C=O) groups is 1. The number of hydrogen-bond donors (Lipinski definition) is 1. The van der Waals surface area contributed by atoms with E-state index in [0.717, 1.165) is 0 Å². The smallest absolute Gasteiger partial charge is 0.303 e. The molecule has 0 saturated carbocycles.